The van der Waals surface area contributed by atoms with Gasteiger partial charge in [0.25, 0.3) is 0 Å². The second kappa shape index (κ2) is 7.66. The van der Waals surface area contributed by atoms with Crippen LogP contribution < -0.4 is 5.32 Å². The molecule has 0 bridgehead atoms. The van der Waals surface area contributed by atoms with E-state index in [0.717, 1.165) is 20.7 Å². The lowest BCUT2D eigenvalue weighted by atomic mass is 10.2. The quantitative estimate of drug-likeness (QED) is 0.821. The molecule has 0 radical (unpaired) electrons. The Balaban J connectivity index is 1.75. The molecule has 0 spiro atoms. The van der Waals surface area contributed by atoms with Crippen LogP contribution in [-0.2, 0) is 4.79 Å². The van der Waals surface area contributed by atoms with Crippen LogP contribution in [0.3, 0.4) is 0 Å². The Morgan fingerprint density at radius 3 is 3.00 bits per heavy atom. The van der Waals surface area contributed by atoms with E-state index in [2.05, 4.69) is 14.7 Å². The fraction of sp³-hybridized carbons (Fsp3) is 0.308. The van der Waals surface area contributed by atoms with Crippen molar-refractivity contribution in [2.24, 2.45) is 0 Å². The Kier molecular flexibility index (Phi) is 5.87. The predicted molar refractivity (Wildman–Crippen MR) is 86.8 cm³/mol. The summed E-state index contributed by atoms with van der Waals surface area (Å²) in [6.07, 6.45) is 2.42. The zero-order valence-electron chi connectivity index (χ0n) is 11.3. The van der Waals surface area contributed by atoms with Gasteiger partial charge in [-0.1, -0.05) is 35.7 Å². The van der Waals surface area contributed by atoms with Gasteiger partial charge < -0.3 is 5.32 Å². The molecule has 1 N–H and O–H groups in total. The number of thioether (sulfide) groups is 2. The fourth-order valence-electron chi connectivity index (χ4n) is 1.52. The van der Waals surface area contributed by atoms with Gasteiger partial charge in [-0.15, -0.1) is 0 Å². The van der Waals surface area contributed by atoms with Crippen molar-refractivity contribution in [1.82, 2.24) is 9.36 Å². The number of aryl methyl sites for hydroxylation is 1. The van der Waals surface area contributed by atoms with E-state index in [-0.39, 0.29) is 5.91 Å². The first-order chi connectivity index (χ1) is 9.67. The predicted octanol–water partition coefficient (Wildman–Crippen LogP) is 3.69. The Morgan fingerprint density at radius 1 is 1.45 bits per heavy atom. The number of amides is 1. The highest BCUT2D eigenvalue weighted by Crippen LogP contribution is 2.24. The molecule has 1 amide bonds. The molecule has 4 nitrogen and oxygen atoms in total. The molecule has 0 aliphatic heterocycles. The first kappa shape index (κ1) is 15.3. The average Bonchev–Trinajstić information content (AvgIpc) is 2.86. The Bertz CT molecular complexity index is 586. The van der Waals surface area contributed by atoms with Crippen LogP contribution in [0.15, 0.2) is 33.8 Å². The summed E-state index contributed by atoms with van der Waals surface area (Å²) >= 11 is 4.48. The third kappa shape index (κ3) is 4.81. The smallest absolute Gasteiger partial charge is 0.225 e. The number of nitrogens with one attached hydrogen (secondary N) is 1. The maximum atomic E-state index is 11.8. The molecule has 1 aromatic heterocycles. The Hall–Kier alpha value is -1.05. The normalized spacial score (nSPS) is 10.5. The number of aromatic nitrogens is 2. The van der Waals surface area contributed by atoms with Crippen molar-refractivity contribution in [3.05, 3.63) is 29.8 Å². The van der Waals surface area contributed by atoms with Gasteiger partial charge in [0.2, 0.25) is 11.1 Å². The summed E-state index contributed by atoms with van der Waals surface area (Å²) in [7, 11) is 0. The van der Waals surface area contributed by atoms with Crippen LogP contribution in [-0.4, -0.2) is 27.3 Å². The molecule has 0 atom stereocenters. The van der Waals surface area contributed by atoms with Crippen molar-refractivity contribution in [3.63, 3.8) is 0 Å². The summed E-state index contributed by atoms with van der Waals surface area (Å²) in [4.78, 5) is 16.1. The minimum absolute atomic E-state index is 0.0257. The monoisotopic (exact) mass is 325 g/mol. The van der Waals surface area contributed by atoms with Gasteiger partial charge in [-0.25, -0.2) is 4.98 Å². The number of benzene rings is 1. The number of carbonyl (C=O) groups is 1. The van der Waals surface area contributed by atoms with Gasteiger partial charge in [-0.3, -0.25) is 4.79 Å². The molecule has 1 heterocycles. The molecule has 0 saturated carbocycles. The van der Waals surface area contributed by atoms with Gasteiger partial charge in [0.05, 0.1) is 0 Å². The van der Waals surface area contributed by atoms with E-state index >= 15 is 0 Å². The molecule has 0 unspecified atom stereocenters. The van der Waals surface area contributed by atoms with Crippen molar-refractivity contribution < 1.29 is 4.79 Å². The summed E-state index contributed by atoms with van der Waals surface area (Å²) in [5.74, 6) is 0.735. The first-order valence-electron chi connectivity index (χ1n) is 6.04. The van der Waals surface area contributed by atoms with E-state index in [1.165, 1.54) is 23.3 Å². The van der Waals surface area contributed by atoms with Crippen LogP contribution in [0.5, 0.6) is 0 Å². The Morgan fingerprint density at radius 2 is 2.30 bits per heavy atom. The number of rotatable bonds is 6. The van der Waals surface area contributed by atoms with Crippen molar-refractivity contribution in [1.29, 1.82) is 0 Å². The van der Waals surface area contributed by atoms with Crippen LogP contribution in [0.4, 0.5) is 5.69 Å². The summed E-state index contributed by atoms with van der Waals surface area (Å²) < 4.78 is 5.10. The number of hydrogen-bond acceptors (Lipinski definition) is 6. The first-order valence-corrected chi connectivity index (χ1v) is 9.03. The van der Waals surface area contributed by atoms with Gasteiger partial charge >= 0.3 is 0 Å². The molecule has 1 aromatic carbocycles. The molecule has 106 valence electrons. The van der Waals surface area contributed by atoms with E-state index in [1.807, 2.05) is 37.4 Å². The van der Waals surface area contributed by atoms with E-state index in [0.29, 0.717) is 12.2 Å². The molecule has 0 aliphatic rings. The van der Waals surface area contributed by atoms with Crippen molar-refractivity contribution in [2.75, 3.05) is 17.3 Å². The number of hydrogen-bond donors (Lipinski definition) is 1. The SMILES string of the molecule is CSc1nsc(SCCC(=O)Nc2cccc(C)c2)n1. The third-order valence-electron chi connectivity index (χ3n) is 2.43. The van der Waals surface area contributed by atoms with E-state index < -0.39 is 0 Å². The molecular weight excluding hydrogens is 310 g/mol. The van der Waals surface area contributed by atoms with Crippen molar-refractivity contribution in [2.45, 2.75) is 22.8 Å². The van der Waals surface area contributed by atoms with Crippen molar-refractivity contribution >= 4 is 46.7 Å². The van der Waals surface area contributed by atoms with Gasteiger partial charge in [-0.2, -0.15) is 4.37 Å². The zero-order valence-corrected chi connectivity index (χ0v) is 13.7. The molecule has 2 rings (SSSR count). The third-order valence-corrected chi connectivity index (χ3v) is 4.93. The molecule has 0 aliphatic carbocycles. The second-order valence-electron chi connectivity index (χ2n) is 4.06. The van der Waals surface area contributed by atoms with Crippen molar-refractivity contribution in [3.8, 4) is 0 Å². The zero-order chi connectivity index (χ0) is 14.4. The van der Waals surface area contributed by atoms with Gasteiger partial charge in [-0.05, 0) is 42.4 Å². The summed E-state index contributed by atoms with van der Waals surface area (Å²) in [5.41, 5.74) is 1.98. The highest BCUT2D eigenvalue weighted by Gasteiger charge is 2.06. The van der Waals surface area contributed by atoms with E-state index in [9.17, 15) is 4.79 Å². The lowest BCUT2D eigenvalue weighted by Crippen LogP contribution is -2.12. The van der Waals surface area contributed by atoms with E-state index in [4.69, 9.17) is 0 Å². The van der Waals surface area contributed by atoms with Gasteiger partial charge in [0, 0.05) is 17.9 Å². The molecule has 0 fully saturated rings. The van der Waals surface area contributed by atoms with Crippen LogP contribution in [0.1, 0.15) is 12.0 Å². The average molecular weight is 325 g/mol. The Labute approximate surface area is 130 Å². The number of anilines is 1. The van der Waals surface area contributed by atoms with Gasteiger partial charge in [0.15, 0.2) is 4.34 Å². The van der Waals surface area contributed by atoms with Crippen LogP contribution in [0, 0.1) is 6.92 Å². The highest BCUT2D eigenvalue weighted by atomic mass is 32.2. The van der Waals surface area contributed by atoms with Crippen LogP contribution in [0.2, 0.25) is 0 Å². The lowest BCUT2D eigenvalue weighted by Gasteiger charge is -2.05. The molecule has 7 heteroatoms. The van der Waals surface area contributed by atoms with E-state index in [1.54, 1.807) is 11.8 Å². The summed E-state index contributed by atoms with van der Waals surface area (Å²) in [6.45, 7) is 2.00. The molecule has 20 heavy (non-hydrogen) atoms. The lowest BCUT2D eigenvalue weighted by molar-refractivity contribution is -0.115. The highest BCUT2D eigenvalue weighted by molar-refractivity contribution is 8.01. The maximum absolute atomic E-state index is 11.8. The maximum Gasteiger partial charge on any atom is 0.225 e. The van der Waals surface area contributed by atoms with Crippen LogP contribution >= 0.6 is 35.1 Å². The topological polar surface area (TPSA) is 54.9 Å². The standard InChI is InChI=1S/C13H15N3OS3/c1-9-4-3-5-10(8-9)14-11(17)6-7-19-13-15-12(18-2)16-20-13/h3-5,8H,6-7H2,1-2H3,(H,14,17). The summed E-state index contributed by atoms with van der Waals surface area (Å²) in [5, 5.41) is 3.69. The molecule has 2 aromatic rings. The fourth-order valence-corrected chi connectivity index (χ4v) is 3.73. The van der Waals surface area contributed by atoms with Gasteiger partial charge in [0.1, 0.15) is 0 Å². The second-order valence-corrected chi connectivity index (χ2v) is 6.93. The minimum Gasteiger partial charge on any atom is -0.326 e. The number of carbonyl (C=O) groups excluding carboxylic acids is 1. The number of nitrogens with zero attached hydrogens (tertiary/aromatic N) is 2. The summed E-state index contributed by atoms with van der Waals surface area (Å²) in [6, 6.07) is 7.79. The van der Waals surface area contributed by atoms with Crippen LogP contribution in [0.25, 0.3) is 0 Å². The minimum atomic E-state index is 0.0257. The largest absolute Gasteiger partial charge is 0.326 e. The molecule has 0 saturated heterocycles. The molecular formula is C13H15N3OS3.